The van der Waals surface area contributed by atoms with Crippen LogP contribution in [0.5, 0.6) is 17.4 Å². The molecule has 0 fully saturated rings. The molecule has 2 rings (SSSR count). The zero-order valence-corrected chi connectivity index (χ0v) is 11.4. The van der Waals surface area contributed by atoms with Crippen LogP contribution in [0.4, 0.5) is 5.69 Å². The molecule has 1 aromatic carbocycles. The van der Waals surface area contributed by atoms with Crippen molar-refractivity contribution < 1.29 is 14.4 Å². The molecule has 0 aliphatic carbocycles. The highest BCUT2D eigenvalue weighted by atomic mass is 35.5. The summed E-state index contributed by atoms with van der Waals surface area (Å²) >= 11 is 5.61. The normalized spacial score (nSPS) is 9.76. The van der Waals surface area contributed by atoms with Gasteiger partial charge in [0.15, 0.2) is 11.5 Å². The van der Waals surface area contributed by atoms with E-state index in [1.807, 2.05) is 6.07 Å². The van der Waals surface area contributed by atoms with Gasteiger partial charge in [0.2, 0.25) is 5.28 Å². The number of ether oxygens (including phenoxy) is 2. The summed E-state index contributed by atoms with van der Waals surface area (Å²) in [5.41, 5.74) is -0.0831. The van der Waals surface area contributed by atoms with Crippen LogP contribution < -0.4 is 9.47 Å². The first-order chi connectivity index (χ1) is 10.0. The molecule has 0 radical (unpaired) electrons. The van der Waals surface area contributed by atoms with Crippen molar-refractivity contribution in [1.29, 1.82) is 5.26 Å². The number of rotatable bonds is 4. The fourth-order valence-electron chi connectivity index (χ4n) is 1.47. The summed E-state index contributed by atoms with van der Waals surface area (Å²) in [5, 5.41) is 19.5. The van der Waals surface area contributed by atoms with E-state index in [2.05, 4.69) is 9.97 Å². The average Bonchev–Trinajstić information content (AvgIpc) is 2.47. The topological polar surface area (TPSA) is 111 Å². The molecule has 0 aliphatic heterocycles. The molecule has 0 saturated carbocycles. The molecule has 8 nitrogen and oxygen atoms in total. The van der Waals surface area contributed by atoms with Crippen molar-refractivity contribution in [3.8, 4) is 23.4 Å². The maximum absolute atomic E-state index is 10.9. The molecular formula is C12H7ClN4O4. The van der Waals surface area contributed by atoms with Crippen LogP contribution in [-0.4, -0.2) is 22.0 Å². The molecule has 0 saturated heterocycles. The molecule has 0 unspecified atom stereocenters. The van der Waals surface area contributed by atoms with Crippen LogP contribution in [0, 0.1) is 21.4 Å². The number of nitro groups is 1. The van der Waals surface area contributed by atoms with Crippen LogP contribution in [0.1, 0.15) is 5.56 Å². The van der Waals surface area contributed by atoms with Crippen molar-refractivity contribution >= 4 is 17.3 Å². The van der Waals surface area contributed by atoms with Crippen molar-refractivity contribution in [2.45, 2.75) is 0 Å². The molecule has 2 aromatic rings. The molecule has 0 aliphatic rings. The van der Waals surface area contributed by atoms with Crippen molar-refractivity contribution in [2.75, 3.05) is 7.11 Å². The summed E-state index contributed by atoms with van der Waals surface area (Å²) in [6, 6.07) is 6.30. The van der Waals surface area contributed by atoms with E-state index in [4.69, 9.17) is 26.3 Å². The first-order valence-corrected chi connectivity index (χ1v) is 5.86. The van der Waals surface area contributed by atoms with Crippen LogP contribution in [0.2, 0.25) is 5.28 Å². The van der Waals surface area contributed by atoms with E-state index in [1.54, 1.807) is 0 Å². The third kappa shape index (κ3) is 3.16. The van der Waals surface area contributed by atoms with Crippen LogP contribution in [0.25, 0.3) is 0 Å². The van der Waals surface area contributed by atoms with Crippen LogP contribution >= 0.6 is 11.6 Å². The van der Waals surface area contributed by atoms with E-state index in [9.17, 15) is 10.1 Å². The molecule has 1 heterocycles. The minimum absolute atomic E-state index is 0.161. The molecule has 0 amide bonds. The van der Waals surface area contributed by atoms with Gasteiger partial charge in [-0.05, 0) is 23.7 Å². The van der Waals surface area contributed by atoms with E-state index >= 15 is 0 Å². The molecule has 106 valence electrons. The first-order valence-electron chi connectivity index (χ1n) is 5.48. The molecule has 0 N–H and O–H groups in total. The lowest BCUT2D eigenvalue weighted by atomic mass is 10.2. The smallest absolute Gasteiger partial charge is 0.349 e. The minimum Gasteiger partial charge on any atom is -0.493 e. The second kappa shape index (κ2) is 6.02. The van der Waals surface area contributed by atoms with Crippen LogP contribution in [-0.2, 0) is 0 Å². The van der Waals surface area contributed by atoms with Gasteiger partial charge < -0.3 is 9.47 Å². The van der Waals surface area contributed by atoms with Gasteiger partial charge in [0.05, 0.1) is 23.7 Å². The maximum atomic E-state index is 10.9. The Balaban J connectivity index is 2.45. The largest absolute Gasteiger partial charge is 0.493 e. The Morgan fingerprint density at radius 1 is 1.43 bits per heavy atom. The molecular weight excluding hydrogens is 300 g/mol. The standard InChI is InChI=1S/C12H7ClN4O4/c1-20-10-4-7(5-14)2-3-9(10)21-11-8(17(18)19)6-15-12(13)16-11/h2-4,6H,1H3. The number of benzene rings is 1. The van der Waals surface area contributed by atoms with Crippen LogP contribution in [0.3, 0.4) is 0 Å². The lowest BCUT2D eigenvalue weighted by molar-refractivity contribution is -0.386. The Labute approximate surface area is 123 Å². The van der Waals surface area contributed by atoms with Crippen molar-refractivity contribution in [1.82, 2.24) is 9.97 Å². The Bertz CT molecular complexity index is 745. The lowest BCUT2D eigenvalue weighted by Gasteiger charge is -2.09. The van der Waals surface area contributed by atoms with Gasteiger partial charge in [-0.1, -0.05) is 0 Å². The van der Waals surface area contributed by atoms with Gasteiger partial charge in [-0.3, -0.25) is 10.1 Å². The number of aromatic nitrogens is 2. The molecule has 0 bridgehead atoms. The van der Waals surface area contributed by atoms with E-state index in [0.717, 1.165) is 6.20 Å². The Kier molecular flexibility index (Phi) is 4.15. The van der Waals surface area contributed by atoms with Gasteiger partial charge in [0, 0.05) is 6.07 Å². The van der Waals surface area contributed by atoms with Gasteiger partial charge in [-0.25, -0.2) is 4.98 Å². The van der Waals surface area contributed by atoms with Crippen molar-refractivity contribution in [2.24, 2.45) is 0 Å². The Morgan fingerprint density at radius 3 is 2.81 bits per heavy atom. The second-order valence-electron chi connectivity index (χ2n) is 3.67. The zero-order chi connectivity index (χ0) is 15.4. The Hall–Kier alpha value is -2.92. The number of hydrogen-bond donors (Lipinski definition) is 0. The first kappa shape index (κ1) is 14.5. The minimum atomic E-state index is -0.693. The fraction of sp³-hybridized carbons (Fsp3) is 0.0833. The summed E-state index contributed by atoms with van der Waals surface area (Å²) in [6.45, 7) is 0. The highest BCUT2D eigenvalue weighted by Gasteiger charge is 2.20. The fourth-order valence-corrected chi connectivity index (χ4v) is 1.59. The number of nitriles is 1. The highest BCUT2D eigenvalue weighted by Crippen LogP contribution is 2.35. The summed E-state index contributed by atoms with van der Waals surface area (Å²) < 4.78 is 10.4. The second-order valence-corrected chi connectivity index (χ2v) is 4.00. The molecule has 0 atom stereocenters. The van der Waals surface area contributed by atoms with Gasteiger partial charge >= 0.3 is 11.6 Å². The van der Waals surface area contributed by atoms with Gasteiger partial charge in [0.25, 0.3) is 0 Å². The third-order valence-corrected chi connectivity index (χ3v) is 2.58. The molecule has 1 aromatic heterocycles. The summed E-state index contributed by atoms with van der Waals surface area (Å²) in [4.78, 5) is 17.4. The Morgan fingerprint density at radius 2 is 2.19 bits per heavy atom. The molecule has 0 spiro atoms. The number of halogens is 1. The lowest BCUT2D eigenvalue weighted by Crippen LogP contribution is -1.99. The number of nitrogens with zero attached hydrogens (tertiary/aromatic N) is 4. The molecule has 9 heteroatoms. The predicted octanol–water partition coefficient (Wildman–Crippen LogP) is 2.71. The third-order valence-electron chi connectivity index (χ3n) is 2.40. The van der Waals surface area contributed by atoms with E-state index in [1.165, 1.54) is 25.3 Å². The molecule has 21 heavy (non-hydrogen) atoms. The SMILES string of the molecule is COc1cc(C#N)ccc1Oc1nc(Cl)ncc1[N+](=O)[O-]. The van der Waals surface area contributed by atoms with Gasteiger partial charge in [-0.2, -0.15) is 10.2 Å². The van der Waals surface area contributed by atoms with E-state index in [0.29, 0.717) is 5.56 Å². The quantitative estimate of drug-likeness (QED) is 0.485. The summed E-state index contributed by atoms with van der Waals surface area (Å²) in [5.74, 6) is 0.0791. The van der Waals surface area contributed by atoms with Gasteiger partial charge in [-0.15, -0.1) is 0 Å². The summed E-state index contributed by atoms with van der Waals surface area (Å²) in [6.07, 6.45) is 0.945. The maximum Gasteiger partial charge on any atom is 0.349 e. The van der Waals surface area contributed by atoms with Crippen molar-refractivity contribution in [3.05, 3.63) is 45.4 Å². The number of hydrogen-bond acceptors (Lipinski definition) is 7. The zero-order valence-electron chi connectivity index (χ0n) is 10.6. The van der Waals surface area contributed by atoms with Crippen molar-refractivity contribution in [3.63, 3.8) is 0 Å². The monoisotopic (exact) mass is 306 g/mol. The highest BCUT2D eigenvalue weighted by molar-refractivity contribution is 6.28. The average molecular weight is 307 g/mol. The number of methoxy groups -OCH3 is 1. The van der Waals surface area contributed by atoms with E-state index in [-0.39, 0.29) is 22.7 Å². The summed E-state index contributed by atoms with van der Waals surface area (Å²) in [7, 11) is 1.38. The van der Waals surface area contributed by atoms with Crippen LogP contribution in [0.15, 0.2) is 24.4 Å². The predicted molar refractivity (Wildman–Crippen MR) is 71.5 cm³/mol. The van der Waals surface area contributed by atoms with Gasteiger partial charge in [0.1, 0.15) is 6.20 Å². The van der Waals surface area contributed by atoms with E-state index < -0.39 is 10.6 Å².